The lowest BCUT2D eigenvalue weighted by Crippen LogP contribution is -2.37. The molecule has 6 rings (SSSR count). The molecule has 8 nitrogen and oxygen atoms in total. The summed E-state index contributed by atoms with van der Waals surface area (Å²) in [6.07, 6.45) is 5.81. The molecular weight excluding hydrogens is 392 g/mol. The number of hydrogen-bond donors (Lipinski definition) is 1. The molecule has 1 aliphatic carbocycles. The molecule has 0 unspecified atom stereocenters. The summed E-state index contributed by atoms with van der Waals surface area (Å²) in [5.74, 6) is 2.51. The molecule has 156 valence electrons. The molecule has 1 aliphatic heterocycles. The van der Waals surface area contributed by atoms with E-state index in [-0.39, 0.29) is 5.75 Å². The van der Waals surface area contributed by atoms with E-state index in [9.17, 15) is 5.11 Å². The van der Waals surface area contributed by atoms with Gasteiger partial charge in [-0.05, 0) is 37.1 Å². The fourth-order valence-corrected chi connectivity index (χ4v) is 4.11. The molecule has 0 atom stereocenters. The van der Waals surface area contributed by atoms with E-state index in [0.717, 1.165) is 59.9 Å². The molecule has 1 saturated carbocycles. The van der Waals surface area contributed by atoms with Crippen molar-refractivity contribution in [3.05, 3.63) is 48.8 Å². The quantitative estimate of drug-likeness (QED) is 0.547. The summed E-state index contributed by atoms with van der Waals surface area (Å²) >= 11 is 0. The molecule has 0 radical (unpaired) electrons. The highest BCUT2D eigenvalue weighted by atomic mass is 16.5. The number of phenols is 1. The van der Waals surface area contributed by atoms with E-state index >= 15 is 0 Å². The monoisotopic (exact) mass is 414 g/mol. The number of aromatic hydroxyl groups is 1. The zero-order valence-corrected chi connectivity index (χ0v) is 17.0. The molecule has 4 heterocycles. The number of nitrogens with zero attached hydrogens (tertiary/aromatic N) is 6. The van der Waals surface area contributed by atoms with Crippen molar-refractivity contribution < 1.29 is 9.84 Å². The first-order valence-corrected chi connectivity index (χ1v) is 10.6. The number of rotatable bonds is 4. The number of hydrogen-bond acceptors (Lipinski definition) is 7. The predicted octanol–water partition coefficient (Wildman–Crippen LogP) is 3.43. The van der Waals surface area contributed by atoms with Crippen molar-refractivity contribution in [3.63, 3.8) is 0 Å². The Morgan fingerprint density at radius 1 is 0.935 bits per heavy atom. The van der Waals surface area contributed by atoms with Crippen molar-refractivity contribution in [1.29, 1.82) is 0 Å². The Balaban J connectivity index is 1.62. The number of imidazole rings is 1. The minimum atomic E-state index is 0.197. The van der Waals surface area contributed by atoms with Crippen LogP contribution >= 0.6 is 0 Å². The summed E-state index contributed by atoms with van der Waals surface area (Å²) in [4.78, 5) is 21.3. The van der Waals surface area contributed by atoms with Gasteiger partial charge in [0.15, 0.2) is 22.8 Å². The third kappa shape index (κ3) is 3.29. The van der Waals surface area contributed by atoms with E-state index in [2.05, 4.69) is 14.5 Å². The fraction of sp³-hybridized carbons (Fsp3) is 0.304. The molecule has 1 aromatic carbocycles. The van der Waals surface area contributed by atoms with Crippen molar-refractivity contribution in [3.8, 4) is 28.5 Å². The van der Waals surface area contributed by atoms with E-state index in [4.69, 9.17) is 19.7 Å². The highest BCUT2D eigenvalue weighted by molar-refractivity contribution is 5.89. The maximum atomic E-state index is 10.0. The Morgan fingerprint density at radius 2 is 1.74 bits per heavy atom. The maximum absolute atomic E-state index is 10.0. The van der Waals surface area contributed by atoms with Crippen LogP contribution in [0.1, 0.15) is 18.9 Å². The number of morpholine rings is 1. The van der Waals surface area contributed by atoms with E-state index in [1.807, 2.05) is 24.3 Å². The molecule has 1 saturated heterocycles. The lowest BCUT2D eigenvalue weighted by atomic mass is 10.2. The van der Waals surface area contributed by atoms with Gasteiger partial charge in [0.2, 0.25) is 0 Å². The number of fused-ring (bicyclic) bond motifs is 1. The number of benzene rings is 1. The van der Waals surface area contributed by atoms with Crippen molar-refractivity contribution in [2.45, 2.75) is 18.9 Å². The molecule has 2 aliphatic rings. The van der Waals surface area contributed by atoms with Crippen molar-refractivity contribution >= 4 is 17.0 Å². The van der Waals surface area contributed by atoms with Crippen LogP contribution < -0.4 is 4.90 Å². The third-order valence-electron chi connectivity index (χ3n) is 5.79. The minimum absolute atomic E-state index is 0.197. The molecule has 31 heavy (non-hydrogen) atoms. The van der Waals surface area contributed by atoms with E-state index in [0.29, 0.717) is 25.1 Å². The standard InChI is InChI=1S/C23H22N6O2/c30-18-3-1-2-16(14-18)20-26-22(28-10-12-31-13-11-28)19-23(27-20)29(17-4-5-17)21(25-19)15-6-8-24-9-7-15/h1-3,6-9,14,17,30H,4-5,10-13H2. The third-order valence-corrected chi connectivity index (χ3v) is 5.79. The molecule has 1 N–H and O–H groups in total. The van der Waals surface area contributed by atoms with Crippen LogP contribution in [0.5, 0.6) is 5.75 Å². The van der Waals surface area contributed by atoms with Crippen molar-refractivity contribution in [1.82, 2.24) is 24.5 Å². The van der Waals surface area contributed by atoms with Crippen LogP contribution in [0.4, 0.5) is 5.82 Å². The molecule has 0 spiro atoms. The molecule has 0 bridgehead atoms. The average molecular weight is 414 g/mol. The molecular formula is C23H22N6O2. The molecule has 2 fully saturated rings. The van der Waals surface area contributed by atoms with Gasteiger partial charge in [-0.25, -0.2) is 15.0 Å². The van der Waals surface area contributed by atoms with Gasteiger partial charge < -0.3 is 19.3 Å². The normalized spacial score (nSPS) is 16.7. The molecule has 0 amide bonds. The Morgan fingerprint density at radius 3 is 2.48 bits per heavy atom. The second-order valence-corrected chi connectivity index (χ2v) is 7.97. The predicted molar refractivity (Wildman–Crippen MR) is 117 cm³/mol. The van der Waals surface area contributed by atoms with E-state index < -0.39 is 0 Å². The first-order chi connectivity index (χ1) is 15.3. The highest BCUT2D eigenvalue weighted by Crippen LogP contribution is 2.42. The Bertz CT molecular complexity index is 1250. The summed E-state index contributed by atoms with van der Waals surface area (Å²) in [7, 11) is 0. The SMILES string of the molecule is Oc1cccc(-c2nc(N3CCOCC3)c3nc(-c4ccncc4)n(C4CC4)c3n2)c1. The summed E-state index contributed by atoms with van der Waals surface area (Å²) in [6.45, 7) is 2.83. The van der Waals surface area contributed by atoms with Gasteiger partial charge in [-0.3, -0.25) is 4.98 Å². The van der Waals surface area contributed by atoms with E-state index in [1.54, 1.807) is 24.5 Å². The summed E-state index contributed by atoms with van der Waals surface area (Å²) < 4.78 is 7.81. The van der Waals surface area contributed by atoms with Gasteiger partial charge in [-0.1, -0.05) is 12.1 Å². The second-order valence-electron chi connectivity index (χ2n) is 7.97. The summed E-state index contributed by atoms with van der Waals surface area (Å²) in [5.41, 5.74) is 3.45. The van der Waals surface area contributed by atoms with Crippen LogP contribution in [0.25, 0.3) is 33.9 Å². The second kappa shape index (κ2) is 7.31. The number of anilines is 1. The van der Waals surface area contributed by atoms with Gasteiger partial charge in [0.05, 0.1) is 13.2 Å². The zero-order valence-electron chi connectivity index (χ0n) is 17.0. The maximum Gasteiger partial charge on any atom is 0.166 e. The average Bonchev–Trinajstić information content (AvgIpc) is 3.59. The highest BCUT2D eigenvalue weighted by Gasteiger charge is 2.32. The van der Waals surface area contributed by atoms with Crippen LogP contribution in [0.15, 0.2) is 48.8 Å². The van der Waals surface area contributed by atoms with Gasteiger partial charge >= 0.3 is 0 Å². The zero-order chi connectivity index (χ0) is 20.8. The van der Waals surface area contributed by atoms with Crippen LogP contribution in [-0.2, 0) is 4.74 Å². The smallest absolute Gasteiger partial charge is 0.166 e. The number of aromatic nitrogens is 5. The Labute approximate surface area is 179 Å². The van der Waals surface area contributed by atoms with Gasteiger partial charge in [-0.15, -0.1) is 0 Å². The van der Waals surface area contributed by atoms with Crippen molar-refractivity contribution in [2.75, 3.05) is 31.2 Å². The fourth-order valence-electron chi connectivity index (χ4n) is 4.11. The number of phenolic OH excluding ortho intramolecular Hbond substituents is 1. The van der Waals surface area contributed by atoms with Crippen LogP contribution in [0.2, 0.25) is 0 Å². The molecule has 4 aromatic rings. The van der Waals surface area contributed by atoms with Crippen LogP contribution in [0, 0.1) is 0 Å². The summed E-state index contributed by atoms with van der Waals surface area (Å²) in [6, 6.07) is 11.4. The van der Waals surface area contributed by atoms with Gasteiger partial charge in [0, 0.05) is 42.7 Å². The lowest BCUT2D eigenvalue weighted by Gasteiger charge is -2.28. The van der Waals surface area contributed by atoms with Crippen LogP contribution in [-0.4, -0.2) is 55.9 Å². The van der Waals surface area contributed by atoms with Gasteiger partial charge in [0.1, 0.15) is 11.6 Å². The van der Waals surface area contributed by atoms with E-state index in [1.165, 1.54) is 0 Å². The van der Waals surface area contributed by atoms with Crippen molar-refractivity contribution in [2.24, 2.45) is 0 Å². The largest absolute Gasteiger partial charge is 0.508 e. The lowest BCUT2D eigenvalue weighted by molar-refractivity contribution is 0.122. The first kappa shape index (κ1) is 18.3. The summed E-state index contributed by atoms with van der Waals surface area (Å²) in [5, 5.41) is 10.0. The molecule has 8 heteroatoms. The number of pyridine rings is 1. The number of ether oxygens (including phenoxy) is 1. The Kier molecular flexibility index (Phi) is 4.31. The van der Waals surface area contributed by atoms with Crippen LogP contribution in [0.3, 0.4) is 0 Å². The topological polar surface area (TPSA) is 89.2 Å². The minimum Gasteiger partial charge on any atom is -0.508 e. The molecule has 3 aromatic heterocycles. The van der Waals surface area contributed by atoms with Gasteiger partial charge in [-0.2, -0.15) is 0 Å². The Hall–Kier alpha value is -3.52. The van der Waals surface area contributed by atoms with Gasteiger partial charge in [0.25, 0.3) is 0 Å². The first-order valence-electron chi connectivity index (χ1n) is 10.6.